The lowest BCUT2D eigenvalue weighted by molar-refractivity contribution is 0.136. The number of rotatable bonds is 7. The molecule has 1 aromatic rings. The Kier molecular flexibility index (Phi) is 6.38. The van der Waals surface area contributed by atoms with Crippen molar-refractivity contribution in [2.75, 3.05) is 19.8 Å². The van der Waals surface area contributed by atoms with E-state index >= 15 is 0 Å². The SMILES string of the molecule is CCCOCCNCc1ccc(F)c(Cl)c1. The van der Waals surface area contributed by atoms with E-state index in [1.165, 1.54) is 6.07 Å². The third kappa shape index (κ3) is 4.92. The van der Waals surface area contributed by atoms with Gasteiger partial charge in [0.25, 0.3) is 0 Å². The van der Waals surface area contributed by atoms with Gasteiger partial charge in [0, 0.05) is 19.7 Å². The zero-order chi connectivity index (χ0) is 11.8. The van der Waals surface area contributed by atoms with Crippen LogP contribution in [0.5, 0.6) is 0 Å². The van der Waals surface area contributed by atoms with Gasteiger partial charge in [-0.15, -0.1) is 0 Å². The average molecular weight is 246 g/mol. The third-order valence-corrected chi connectivity index (χ3v) is 2.37. The van der Waals surface area contributed by atoms with Crippen LogP contribution in [-0.4, -0.2) is 19.8 Å². The minimum atomic E-state index is -0.378. The molecule has 0 bridgehead atoms. The summed E-state index contributed by atoms with van der Waals surface area (Å²) in [6, 6.07) is 4.74. The van der Waals surface area contributed by atoms with E-state index in [0.717, 1.165) is 25.1 Å². The lowest BCUT2D eigenvalue weighted by Gasteiger charge is -2.06. The van der Waals surface area contributed by atoms with Gasteiger partial charge in [0.15, 0.2) is 0 Å². The Morgan fingerprint density at radius 2 is 2.19 bits per heavy atom. The highest BCUT2D eigenvalue weighted by atomic mass is 35.5. The van der Waals surface area contributed by atoms with E-state index in [1.807, 2.05) is 0 Å². The van der Waals surface area contributed by atoms with Gasteiger partial charge in [-0.1, -0.05) is 24.6 Å². The van der Waals surface area contributed by atoms with E-state index in [2.05, 4.69) is 12.2 Å². The van der Waals surface area contributed by atoms with Gasteiger partial charge < -0.3 is 10.1 Å². The number of halogens is 2. The van der Waals surface area contributed by atoms with Gasteiger partial charge in [-0.25, -0.2) is 4.39 Å². The second kappa shape index (κ2) is 7.60. The zero-order valence-corrected chi connectivity index (χ0v) is 10.2. The van der Waals surface area contributed by atoms with E-state index in [9.17, 15) is 4.39 Å². The lowest BCUT2D eigenvalue weighted by Crippen LogP contribution is -2.19. The molecule has 90 valence electrons. The number of ether oxygens (including phenoxy) is 1. The summed E-state index contributed by atoms with van der Waals surface area (Å²) < 4.78 is 18.2. The standard InChI is InChI=1S/C12H17ClFNO/c1-2-6-16-7-5-15-9-10-3-4-12(14)11(13)8-10/h3-4,8,15H,2,5-7,9H2,1H3. The molecule has 0 aromatic heterocycles. The Hall–Kier alpha value is -0.640. The number of hydrogen-bond donors (Lipinski definition) is 1. The van der Waals surface area contributed by atoms with E-state index < -0.39 is 0 Å². The highest BCUT2D eigenvalue weighted by molar-refractivity contribution is 6.30. The van der Waals surface area contributed by atoms with Crippen LogP contribution in [0.3, 0.4) is 0 Å². The Labute approximate surface area is 101 Å². The van der Waals surface area contributed by atoms with E-state index in [0.29, 0.717) is 13.2 Å². The van der Waals surface area contributed by atoms with E-state index in [-0.39, 0.29) is 10.8 Å². The van der Waals surface area contributed by atoms with Crippen molar-refractivity contribution in [1.82, 2.24) is 5.32 Å². The van der Waals surface area contributed by atoms with Gasteiger partial charge in [-0.2, -0.15) is 0 Å². The molecule has 2 nitrogen and oxygen atoms in total. The van der Waals surface area contributed by atoms with Crippen LogP contribution < -0.4 is 5.32 Å². The van der Waals surface area contributed by atoms with Crippen LogP contribution in [0, 0.1) is 5.82 Å². The van der Waals surface area contributed by atoms with Crippen molar-refractivity contribution < 1.29 is 9.13 Å². The minimum absolute atomic E-state index is 0.168. The summed E-state index contributed by atoms with van der Waals surface area (Å²) in [5, 5.41) is 3.37. The Morgan fingerprint density at radius 3 is 2.88 bits per heavy atom. The van der Waals surface area contributed by atoms with Gasteiger partial charge in [-0.05, 0) is 24.1 Å². The maximum Gasteiger partial charge on any atom is 0.141 e. The monoisotopic (exact) mass is 245 g/mol. The Morgan fingerprint density at radius 1 is 1.38 bits per heavy atom. The molecule has 0 amide bonds. The summed E-state index contributed by atoms with van der Waals surface area (Å²) in [5.74, 6) is -0.378. The largest absolute Gasteiger partial charge is 0.380 e. The quantitative estimate of drug-likeness (QED) is 0.746. The van der Waals surface area contributed by atoms with Gasteiger partial charge in [0.2, 0.25) is 0 Å². The molecule has 16 heavy (non-hydrogen) atoms. The smallest absolute Gasteiger partial charge is 0.141 e. The first-order chi connectivity index (χ1) is 7.74. The average Bonchev–Trinajstić information content (AvgIpc) is 2.28. The maximum absolute atomic E-state index is 12.9. The van der Waals surface area contributed by atoms with Gasteiger partial charge in [0.1, 0.15) is 5.82 Å². The maximum atomic E-state index is 12.9. The molecular formula is C12H17ClFNO. The molecular weight excluding hydrogens is 229 g/mol. The molecule has 0 aliphatic rings. The fraction of sp³-hybridized carbons (Fsp3) is 0.500. The van der Waals surface area contributed by atoms with Crippen molar-refractivity contribution in [3.05, 3.63) is 34.6 Å². The summed E-state index contributed by atoms with van der Waals surface area (Å²) in [6.45, 7) is 5.03. The second-order valence-electron chi connectivity index (χ2n) is 3.54. The number of nitrogens with one attached hydrogen (secondary N) is 1. The summed E-state index contributed by atoms with van der Waals surface area (Å²) >= 11 is 5.67. The van der Waals surface area contributed by atoms with Crippen LogP contribution in [0.1, 0.15) is 18.9 Å². The number of benzene rings is 1. The highest BCUT2D eigenvalue weighted by Crippen LogP contribution is 2.15. The zero-order valence-electron chi connectivity index (χ0n) is 9.43. The van der Waals surface area contributed by atoms with Crippen molar-refractivity contribution in [3.63, 3.8) is 0 Å². The van der Waals surface area contributed by atoms with Crippen LogP contribution in [0.25, 0.3) is 0 Å². The molecule has 0 unspecified atom stereocenters. The van der Waals surface area contributed by atoms with Crippen molar-refractivity contribution in [2.24, 2.45) is 0 Å². The van der Waals surface area contributed by atoms with Crippen LogP contribution in [0.15, 0.2) is 18.2 Å². The predicted molar refractivity (Wildman–Crippen MR) is 64.2 cm³/mol. The van der Waals surface area contributed by atoms with Crippen molar-refractivity contribution >= 4 is 11.6 Å². The highest BCUT2D eigenvalue weighted by Gasteiger charge is 2.00. The molecule has 0 fully saturated rings. The van der Waals surface area contributed by atoms with Crippen molar-refractivity contribution in [1.29, 1.82) is 0 Å². The van der Waals surface area contributed by atoms with Crippen molar-refractivity contribution in [3.8, 4) is 0 Å². The normalized spacial score (nSPS) is 10.7. The van der Waals surface area contributed by atoms with Gasteiger partial charge in [0.05, 0.1) is 11.6 Å². The van der Waals surface area contributed by atoms with Gasteiger partial charge >= 0.3 is 0 Å². The predicted octanol–water partition coefficient (Wildman–Crippen LogP) is 3.00. The lowest BCUT2D eigenvalue weighted by atomic mass is 10.2. The molecule has 0 saturated heterocycles. The molecule has 0 radical (unpaired) electrons. The molecule has 0 aliphatic carbocycles. The molecule has 0 spiro atoms. The molecule has 4 heteroatoms. The molecule has 0 saturated carbocycles. The first-order valence-corrected chi connectivity index (χ1v) is 5.84. The van der Waals surface area contributed by atoms with Crippen LogP contribution in [0.2, 0.25) is 5.02 Å². The van der Waals surface area contributed by atoms with Gasteiger partial charge in [-0.3, -0.25) is 0 Å². The fourth-order valence-electron chi connectivity index (χ4n) is 1.27. The molecule has 0 atom stereocenters. The number of hydrogen-bond acceptors (Lipinski definition) is 2. The van der Waals surface area contributed by atoms with E-state index in [4.69, 9.17) is 16.3 Å². The molecule has 0 heterocycles. The second-order valence-corrected chi connectivity index (χ2v) is 3.94. The summed E-state index contributed by atoms with van der Waals surface area (Å²) in [7, 11) is 0. The summed E-state index contributed by atoms with van der Waals surface area (Å²) in [5.41, 5.74) is 0.974. The fourth-order valence-corrected chi connectivity index (χ4v) is 1.48. The molecule has 0 aliphatic heterocycles. The van der Waals surface area contributed by atoms with Crippen molar-refractivity contribution in [2.45, 2.75) is 19.9 Å². The summed E-state index contributed by atoms with van der Waals surface area (Å²) in [6.07, 6.45) is 1.04. The molecule has 1 rings (SSSR count). The first-order valence-electron chi connectivity index (χ1n) is 5.46. The Balaban J connectivity index is 2.19. The Bertz CT molecular complexity index is 320. The van der Waals surface area contributed by atoms with Crippen LogP contribution in [0.4, 0.5) is 4.39 Å². The van der Waals surface area contributed by atoms with Crippen LogP contribution >= 0.6 is 11.6 Å². The third-order valence-electron chi connectivity index (χ3n) is 2.08. The molecule has 1 aromatic carbocycles. The van der Waals surface area contributed by atoms with Crippen LogP contribution in [-0.2, 0) is 11.3 Å². The topological polar surface area (TPSA) is 21.3 Å². The summed E-state index contributed by atoms with van der Waals surface area (Å²) in [4.78, 5) is 0. The molecule has 1 N–H and O–H groups in total. The minimum Gasteiger partial charge on any atom is -0.380 e. The van der Waals surface area contributed by atoms with E-state index in [1.54, 1.807) is 12.1 Å². The first kappa shape index (κ1) is 13.4.